The maximum Gasteiger partial charge on any atom is 0.245 e. The Hall–Kier alpha value is -2.95. The van der Waals surface area contributed by atoms with E-state index in [1.807, 2.05) is 0 Å². The Balaban J connectivity index is 1.49. The Labute approximate surface area is 211 Å². The first-order valence-electron chi connectivity index (χ1n) is 12.7. The van der Waals surface area contributed by atoms with Crippen LogP contribution in [0.5, 0.6) is 0 Å². The largest absolute Gasteiger partial charge is 0.354 e. The van der Waals surface area contributed by atoms with Crippen LogP contribution in [0.3, 0.4) is 0 Å². The summed E-state index contributed by atoms with van der Waals surface area (Å²) in [7, 11) is -3.85. The van der Waals surface area contributed by atoms with Gasteiger partial charge in [0.25, 0.3) is 0 Å². The normalized spacial score (nSPS) is 23.6. The summed E-state index contributed by atoms with van der Waals surface area (Å²) in [5, 5.41) is 5.49. The summed E-state index contributed by atoms with van der Waals surface area (Å²) in [6.07, 6.45) is 5.78. The Morgan fingerprint density at radius 2 is 1.69 bits per heavy atom. The number of carbonyl (C=O) groups excluding carboxylic acids is 4. The molecule has 4 rings (SSSR count). The molecule has 11 heteroatoms. The van der Waals surface area contributed by atoms with Crippen molar-refractivity contribution in [1.82, 2.24) is 20.4 Å². The lowest BCUT2D eigenvalue weighted by atomic mass is 9.87. The molecule has 2 heterocycles. The van der Waals surface area contributed by atoms with Gasteiger partial charge in [-0.25, -0.2) is 8.42 Å². The van der Waals surface area contributed by atoms with Gasteiger partial charge in [-0.05, 0) is 37.8 Å². The predicted molar refractivity (Wildman–Crippen MR) is 131 cm³/mol. The molecule has 2 saturated heterocycles. The van der Waals surface area contributed by atoms with E-state index >= 15 is 0 Å². The van der Waals surface area contributed by atoms with E-state index in [0.29, 0.717) is 13.0 Å². The number of sulfone groups is 1. The molecule has 196 valence electrons. The molecule has 1 saturated carbocycles. The van der Waals surface area contributed by atoms with E-state index in [9.17, 15) is 27.6 Å². The van der Waals surface area contributed by atoms with Crippen LogP contribution >= 0.6 is 0 Å². The number of rotatable bonds is 6. The minimum atomic E-state index is -3.85. The molecule has 1 aromatic carbocycles. The SMILES string of the molecule is O=C1NCCC[C@@H]1NC(=O)[C@H]1CN(C(=O)CS(=O)(=O)c2ccccc2)CCN1C(=O)C1CCCCC1. The van der Waals surface area contributed by atoms with Crippen molar-refractivity contribution >= 4 is 33.5 Å². The average Bonchev–Trinajstić information content (AvgIpc) is 2.90. The van der Waals surface area contributed by atoms with E-state index in [2.05, 4.69) is 10.6 Å². The molecule has 1 aliphatic carbocycles. The average molecular weight is 519 g/mol. The highest BCUT2D eigenvalue weighted by Crippen LogP contribution is 2.27. The van der Waals surface area contributed by atoms with Crippen molar-refractivity contribution in [1.29, 1.82) is 0 Å². The second-order valence-electron chi connectivity index (χ2n) is 9.79. The van der Waals surface area contributed by atoms with Gasteiger partial charge in [0.1, 0.15) is 17.8 Å². The van der Waals surface area contributed by atoms with Gasteiger partial charge in [0.2, 0.25) is 23.6 Å². The zero-order valence-corrected chi connectivity index (χ0v) is 21.2. The van der Waals surface area contributed by atoms with E-state index < -0.39 is 39.5 Å². The van der Waals surface area contributed by atoms with Crippen molar-refractivity contribution in [2.75, 3.05) is 31.9 Å². The molecule has 0 spiro atoms. The van der Waals surface area contributed by atoms with Crippen molar-refractivity contribution in [3.8, 4) is 0 Å². The number of hydrogen-bond acceptors (Lipinski definition) is 6. The summed E-state index contributed by atoms with van der Waals surface area (Å²) in [5.41, 5.74) is 0. The van der Waals surface area contributed by atoms with Crippen LogP contribution in [0.1, 0.15) is 44.9 Å². The first kappa shape index (κ1) is 26.1. The van der Waals surface area contributed by atoms with Crippen LogP contribution in [0.25, 0.3) is 0 Å². The quantitative estimate of drug-likeness (QED) is 0.563. The van der Waals surface area contributed by atoms with Gasteiger partial charge < -0.3 is 20.4 Å². The number of piperidine rings is 1. The molecule has 2 aliphatic heterocycles. The van der Waals surface area contributed by atoms with E-state index in [1.54, 1.807) is 18.2 Å². The molecule has 0 radical (unpaired) electrons. The first-order chi connectivity index (χ1) is 17.3. The Morgan fingerprint density at radius 3 is 2.39 bits per heavy atom. The number of amides is 4. The van der Waals surface area contributed by atoms with Crippen LogP contribution in [0, 0.1) is 5.92 Å². The van der Waals surface area contributed by atoms with Crippen molar-refractivity contribution in [3.63, 3.8) is 0 Å². The maximum atomic E-state index is 13.4. The fourth-order valence-electron chi connectivity index (χ4n) is 5.22. The summed E-state index contributed by atoms with van der Waals surface area (Å²) in [6, 6.07) is 6.08. The van der Waals surface area contributed by atoms with E-state index in [0.717, 1.165) is 38.5 Å². The number of nitrogens with one attached hydrogen (secondary N) is 2. The van der Waals surface area contributed by atoms with Crippen LogP contribution in [-0.4, -0.2) is 85.9 Å². The Morgan fingerprint density at radius 1 is 0.972 bits per heavy atom. The van der Waals surface area contributed by atoms with Gasteiger partial charge in [-0.3, -0.25) is 19.2 Å². The van der Waals surface area contributed by atoms with Crippen molar-refractivity contribution in [2.24, 2.45) is 5.92 Å². The number of benzene rings is 1. The topological polar surface area (TPSA) is 133 Å². The van der Waals surface area contributed by atoms with Crippen LogP contribution in [0.4, 0.5) is 0 Å². The Bertz CT molecular complexity index is 1090. The molecule has 10 nitrogen and oxygen atoms in total. The molecule has 0 aromatic heterocycles. The minimum Gasteiger partial charge on any atom is -0.354 e. The molecule has 2 atom stereocenters. The number of carbonyl (C=O) groups is 4. The standard InChI is InChI=1S/C25H34N4O6S/c30-22(17-36(34,35)19-10-5-2-6-11-19)28-14-15-29(25(33)18-8-3-1-4-9-18)21(16-28)24(32)27-20-12-7-13-26-23(20)31/h2,5-6,10-11,18,20-21H,1,3-4,7-9,12-17H2,(H,26,31)(H,27,32)/t20-,21+/m0/s1. The summed E-state index contributed by atoms with van der Waals surface area (Å²) in [5.74, 6) is -2.36. The maximum absolute atomic E-state index is 13.4. The van der Waals surface area contributed by atoms with Crippen molar-refractivity contribution in [3.05, 3.63) is 30.3 Å². The summed E-state index contributed by atoms with van der Waals surface area (Å²) >= 11 is 0. The number of hydrogen-bond donors (Lipinski definition) is 2. The summed E-state index contributed by atoms with van der Waals surface area (Å²) < 4.78 is 25.5. The van der Waals surface area contributed by atoms with Crippen LogP contribution in [0.15, 0.2) is 35.2 Å². The Kier molecular flexibility index (Phi) is 8.28. The van der Waals surface area contributed by atoms with E-state index in [-0.39, 0.29) is 42.3 Å². The first-order valence-corrected chi connectivity index (χ1v) is 14.4. The third kappa shape index (κ3) is 6.05. The van der Waals surface area contributed by atoms with E-state index in [4.69, 9.17) is 0 Å². The lowest BCUT2D eigenvalue weighted by Gasteiger charge is -2.42. The van der Waals surface area contributed by atoms with Gasteiger partial charge in [-0.15, -0.1) is 0 Å². The molecule has 2 N–H and O–H groups in total. The molecule has 3 fully saturated rings. The molecular weight excluding hydrogens is 484 g/mol. The summed E-state index contributed by atoms with van der Waals surface area (Å²) in [6.45, 7) is 0.734. The fourth-order valence-corrected chi connectivity index (χ4v) is 6.47. The molecule has 3 aliphatic rings. The molecule has 0 unspecified atom stereocenters. The van der Waals surface area contributed by atoms with Crippen LogP contribution in [-0.2, 0) is 29.0 Å². The van der Waals surface area contributed by atoms with Crippen molar-refractivity contribution < 1.29 is 27.6 Å². The highest BCUT2D eigenvalue weighted by atomic mass is 32.2. The smallest absolute Gasteiger partial charge is 0.245 e. The molecule has 1 aromatic rings. The molecule has 36 heavy (non-hydrogen) atoms. The van der Waals surface area contributed by atoms with Gasteiger partial charge >= 0.3 is 0 Å². The predicted octanol–water partition coefficient (Wildman–Crippen LogP) is 0.475. The second kappa shape index (κ2) is 11.4. The number of nitrogens with zero attached hydrogens (tertiary/aromatic N) is 2. The lowest BCUT2D eigenvalue weighted by molar-refractivity contribution is -0.151. The third-order valence-electron chi connectivity index (χ3n) is 7.29. The molecular formula is C25H34N4O6S. The van der Waals surface area contributed by atoms with Crippen LogP contribution in [0.2, 0.25) is 0 Å². The zero-order chi connectivity index (χ0) is 25.7. The highest BCUT2D eigenvalue weighted by molar-refractivity contribution is 7.92. The minimum absolute atomic E-state index is 0.0575. The van der Waals surface area contributed by atoms with Gasteiger partial charge in [-0.2, -0.15) is 0 Å². The molecule has 4 amide bonds. The monoisotopic (exact) mass is 518 g/mol. The van der Waals surface area contributed by atoms with E-state index in [1.165, 1.54) is 21.9 Å². The van der Waals surface area contributed by atoms with Gasteiger partial charge in [-0.1, -0.05) is 37.5 Å². The third-order valence-corrected chi connectivity index (χ3v) is 8.91. The second-order valence-corrected chi connectivity index (χ2v) is 11.8. The lowest BCUT2D eigenvalue weighted by Crippen LogP contribution is -2.64. The summed E-state index contributed by atoms with van der Waals surface area (Å²) in [4.78, 5) is 54.9. The van der Waals surface area contributed by atoms with Crippen LogP contribution < -0.4 is 10.6 Å². The van der Waals surface area contributed by atoms with Gasteiger partial charge in [0.15, 0.2) is 9.84 Å². The number of piperazine rings is 1. The fraction of sp³-hybridized carbons (Fsp3) is 0.600. The highest BCUT2D eigenvalue weighted by Gasteiger charge is 2.41. The van der Waals surface area contributed by atoms with Crippen molar-refractivity contribution in [2.45, 2.75) is 61.9 Å². The zero-order valence-electron chi connectivity index (χ0n) is 20.4. The van der Waals surface area contributed by atoms with Gasteiger partial charge in [0, 0.05) is 25.6 Å². The molecule has 0 bridgehead atoms. The van der Waals surface area contributed by atoms with Gasteiger partial charge in [0.05, 0.1) is 11.4 Å².